The van der Waals surface area contributed by atoms with Crippen molar-refractivity contribution < 1.29 is 17.9 Å². The van der Waals surface area contributed by atoms with Gasteiger partial charge in [0.15, 0.2) is 0 Å². The molecule has 0 saturated carbocycles. The van der Waals surface area contributed by atoms with E-state index >= 15 is 0 Å². The van der Waals surface area contributed by atoms with E-state index in [1.165, 1.54) is 30.6 Å². The molecule has 7 heteroatoms. The Balaban J connectivity index is 2.54. The molecule has 0 atom stereocenters. The fraction of sp³-hybridized carbons (Fsp3) is 0.0833. The van der Waals surface area contributed by atoms with Gasteiger partial charge >= 0.3 is 6.36 Å². The predicted molar refractivity (Wildman–Crippen MR) is 65.2 cm³/mol. The van der Waals surface area contributed by atoms with E-state index in [1.54, 1.807) is 6.07 Å². The summed E-state index contributed by atoms with van der Waals surface area (Å²) in [5, 5.41) is 0. The number of benzene rings is 1. The average Bonchev–Trinajstić information content (AvgIpc) is 2.32. The Morgan fingerprint density at radius 1 is 1.00 bits per heavy atom. The number of hydrogen-bond acceptors (Lipinski definition) is 4. The van der Waals surface area contributed by atoms with Crippen LogP contribution in [0.2, 0.25) is 0 Å². The van der Waals surface area contributed by atoms with Crippen molar-refractivity contribution in [3.8, 4) is 16.9 Å². The maximum atomic E-state index is 12.3. The lowest BCUT2D eigenvalue weighted by atomic mass is 10.0. The quantitative estimate of drug-likeness (QED) is 0.879. The normalized spacial score (nSPS) is 11.3. The summed E-state index contributed by atoms with van der Waals surface area (Å²) in [6.07, 6.45) is -2.12. The van der Waals surface area contributed by atoms with Crippen LogP contribution in [0.1, 0.15) is 0 Å². The van der Waals surface area contributed by atoms with Gasteiger partial charge in [-0.2, -0.15) is 0 Å². The molecule has 4 N–H and O–H groups in total. The van der Waals surface area contributed by atoms with Gasteiger partial charge in [-0.15, -0.1) is 13.2 Å². The number of hydrogen-bond donors (Lipinski definition) is 2. The second-order valence-corrected chi connectivity index (χ2v) is 3.73. The average molecular weight is 269 g/mol. The smallest absolute Gasteiger partial charge is 0.405 e. The zero-order valence-corrected chi connectivity index (χ0v) is 9.61. The Hall–Kier alpha value is -2.44. The molecule has 0 amide bonds. The number of alkyl halides is 3. The summed E-state index contributed by atoms with van der Waals surface area (Å²) in [4.78, 5) is 3.82. The molecule has 0 spiro atoms. The van der Waals surface area contributed by atoms with E-state index in [9.17, 15) is 13.2 Å². The Labute approximate surface area is 106 Å². The first-order chi connectivity index (χ1) is 8.88. The van der Waals surface area contributed by atoms with Crippen LogP contribution in [-0.4, -0.2) is 11.3 Å². The van der Waals surface area contributed by atoms with Crippen molar-refractivity contribution in [2.24, 2.45) is 0 Å². The molecule has 0 bridgehead atoms. The molecule has 0 fully saturated rings. The molecule has 0 aliphatic carbocycles. The largest absolute Gasteiger partial charge is 0.573 e. The zero-order chi connectivity index (χ0) is 14.0. The fourth-order valence-electron chi connectivity index (χ4n) is 1.60. The van der Waals surface area contributed by atoms with Crippen molar-refractivity contribution in [3.63, 3.8) is 0 Å². The third-order valence-corrected chi connectivity index (χ3v) is 2.42. The molecular weight excluding hydrogens is 259 g/mol. The first-order valence-corrected chi connectivity index (χ1v) is 5.22. The summed E-state index contributed by atoms with van der Waals surface area (Å²) in [5.74, 6) is -0.353. The highest BCUT2D eigenvalue weighted by atomic mass is 19.4. The van der Waals surface area contributed by atoms with Crippen LogP contribution < -0.4 is 16.2 Å². The van der Waals surface area contributed by atoms with Gasteiger partial charge in [-0.05, 0) is 6.07 Å². The van der Waals surface area contributed by atoms with Crippen LogP contribution in [-0.2, 0) is 0 Å². The van der Waals surface area contributed by atoms with Crippen molar-refractivity contribution in [1.29, 1.82) is 0 Å². The third-order valence-electron chi connectivity index (χ3n) is 2.42. The van der Waals surface area contributed by atoms with Crippen molar-refractivity contribution in [1.82, 2.24) is 4.98 Å². The summed E-state index contributed by atoms with van der Waals surface area (Å²) in [6.45, 7) is 0. The fourth-order valence-corrected chi connectivity index (χ4v) is 1.60. The summed E-state index contributed by atoms with van der Waals surface area (Å²) >= 11 is 0. The molecule has 100 valence electrons. The van der Waals surface area contributed by atoms with Gasteiger partial charge in [0.25, 0.3) is 0 Å². The van der Waals surface area contributed by atoms with Crippen LogP contribution in [0.4, 0.5) is 24.5 Å². The van der Waals surface area contributed by atoms with Crippen molar-refractivity contribution >= 4 is 11.4 Å². The number of para-hydroxylation sites is 1. The molecular formula is C12H10F3N3O. The first-order valence-electron chi connectivity index (χ1n) is 5.22. The SMILES string of the molecule is Nc1cncc(-c2ccccc2OC(F)(F)F)c1N. The minimum absolute atomic E-state index is 0.160. The lowest BCUT2D eigenvalue weighted by Crippen LogP contribution is -2.17. The molecule has 2 rings (SSSR count). The molecule has 4 nitrogen and oxygen atoms in total. The predicted octanol–water partition coefficient (Wildman–Crippen LogP) is 2.81. The molecule has 19 heavy (non-hydrogen) atoms. The van der Waals surface area contributed by atoms with E-state index in [-0.39, 0.29) is 22.7 Å². The van der Waals surface area contributed by atoms with E-state index in [2.05, 4.69) is 9.72 Å². The highest BCUT2D eigenvalue weighted by Crippen LogP contribution is 2.37. The van der Waals surface area contributed by atoms with E-state index in [1.807, 2.05) is 0 Å². The van der Waals surface area contributed by atoms with Crippen molar-refractivity contribution in [3.05, 3.63) is 36.7 Å². The Morgan fingerprint density at radius 3 is 2.37 bits per heavy atom. The van der Waals surface area contributed by atoms with Gasteiger partial charge in [0.05, 0.1) is 17.6 Å². The molecule has 1 heterocycles. The van der Waals surface area contributed by atoms with E-state index in [0.717, 1.165) is 0 Å². The van der Waals surface area contributed by atoms with E-state index < -0.39 is 6.36 Å². The Kier molecular flexibility index (Phi) is 3.20. The topological polar surface area (TPSA) is 74.2 Å². The number of halogens is 3. The van der Waals surface area contributed by atoms with Crippen LogP contribution >= 0.6 is 0 Å². The third kappa shape index (κ3) is 2.87. The van der Waals surface area contributed by atoms with E-state index in [4.69, 9.17) is 11.5 Å². The summed E-state index contributed by atoms with van der Waals surface area (Å²) in [5.41, 5.74) is 12.2. The molecule has 2 aromatic rings. The Morgan fingerprint density at radius 2 is 1.68 bits per heavy atom. The van der Waals surface area contributed by atoms with Crippen LogP contribution in [0.3, 0.4) is 0 Å². The number of anilines is 2. The number of nitrogens with zero attached hydrogens (tertiary/aromatic N) is 1. The lowest BCUT2D eigenvalue weighted by molar-refractivity contribution is -0.274. The Bertz CT molecular complexity index is 599. The van der Waals surface area contributed by atoms with Crippen LogP contribution in [0.5, 0.6) is 5.75 Å². The van der Waals surface area contributed by atoms with Gasteiger partial charge < -0.3 is 16.2 Å². The standard InChI is InChI=1S/C12H10F3N3O/c13-12(14,15)19-10-4-2-1-3-7(10)8-5-18-6-9(16)11(8)17/h1-6H,16H2,(H2,17,18). The van der Waals surface area contributed by atoms with Crippen molar-refractivity contribution in [2.75, 3.05) is 11.5 Å². The van der Waals surface area contributed by atoms with Crippen LogP contribution in [0, 0.1) is 0 Å². The van der Waals surface area contributed by atoms with Gasteiger partial charge in [-0.25, -0.2) is 0 Å². The number of aromatic nitrogens is 1. The molecule has 0 radical (unpaired) electrons. The van der Waals surface area contributed by atoms with Crippen LogP contribution in [0.25, 0.3) is 11.1 Å². The summed E-state index contributed by atoms with van der Waals surface area (Å²) in [7, 11) is 0. The maximum Gasteiger partial charge on any atom is 0.573 e. The molecule has 0 aliphatic heterocycles. The molecule has 1 aromatic heterocycles. The van der Waals surface area contributed by atoms with Gasteiger partial charge in [-0.3, -0.25) is 4.98 Å². The molecule has 0 saturated heterocycles. The number of rotatable bonds is 2. The maximum absolute atomic E-state index is 12.3. The van der Waals surface area contributed by atoms with Gasteiger partial charge in [0.1, 0.15) is 5.75 Å². The highest BCUT2D eigenvalue weighted by molar-refractivity contribution is 5.85. The highest BCUT2D eigenvalue weighted by Gasteiger charge is 2.32. The molecule has 0 unspecified atom stereocenters. The first kappa shape index (κ1) is 13.0. The summed E-state index contributed by atoms with van der Waals surface area (Å²) < 4.78 is 40.9. The monoisotopic (exact) mass is 269 g/mol. The van der Waals surface area contributed by atoms with Crippen LogP contribution in [0.15, 0.2) is 36.7 Å². The number of ether oxygens (including phenoxy) is 1. The second kappa shape index (κ2) is 4.68. The molecule has 0 aliphatic rings. The number of nitrogens with two attached hydrogens (primary N) is 2. The molecule has 1 aromatic carbocycles. The number of nitrogen functional groups attached to an aromatic ring is 2. The minimum atomic E-state index is -4.78. The van der Waals surface area contributed by atoms with Gasteiger partial charge in [0.2, 0.25) is 0 Å². The number of pyridine rings is 1. The lowest BCUT2D eigenvalue weighted by Gasteiger charge is -2.14. The van der Waals surface area contributed by atoms with Gasteiger partial charge in [-0.1, -0.05) is 18.2 Å². The second-order valence-electron chi connectivity index (χ2n) is 3.73. The zero-order valence-electron chi connectivity index (χ0n) is 9.61. The summed E-state index contributed by atoms with van der Waals surface area (Å²) in [6, 6.07) is 5.65. The van der Waals surface area contributed by atoms with Crippen molar-refractivity contribution in [2.45, 2.75) is 6.36 Å². The van der Waals surface area contributed by atoms with E-state index in [0.29, 0.717) is 5.56 Å². The minimum Gasteiger partial charge on any atom is -0.405 e. The van der Waals surface area contributed by atoms with Gasteiger partial charge in [0, 0.05) is 17.3 Å².